The number of aliphatic hydroxyl groups is 1. The molecule has 2 heterocycles. The van der Waals surface area contributed by atoms with Crippen LogP contribution in [0.5, 0.6) is 0 Å². The summed E-state index contributed by atoms with van der Waals surface area (Å²) in [4.78, 5) is 31.7. The first-order valence-corrected chi connectivity index (χ1v) is 7.25. The first-order chi connectivity index (χ1) is 10.2. The number of aliphatic hydroxyl groups excluding tert-OH is 1. The van der Waals surface area contributed by atoms with Gasteiger partial charge < -0.3 is 9.84 Å². The van der Waals surface area contributed by atoms with E-state index in [-0.39, 0.29) is 30.5 Å². The van der Waals surface area contributed by atoms with Crippen LogP contribution < -0.4 is 11.0 Å². The van der Waals surface area contributed by atoms with Gasteiger partial charge in [-0.1, -0.05) is 27.7 Å². The number of nitrogens with one attached hydrogen (secondary N) is 1. The molecule has 2 rings (SSSR count). The standard InChI is InChI=1S/C14H22N4O4/c1-8-5-10(22-9(8)6-19)18-7-15-12(17-13(18)21)16-11(20)14(2,3)4/h7-10,19H,5-6H2,1-4H3,(H,16,17,20,21)/t8-,9+,10+/m0/s1. The van der Waals surface area contributed by atoms with Crippen LogP contribution in [0.4, 0.5) is 5.95 Å². The van der Waals surface area contributed by atoms with Gasteiger partial charge in [-0.15, -0.1) is 0 Å². The molecular weight excluding hydrogens is 288 g/mol. The van der Waals surface area contributed by atoms with Crippen molar-refractivity contribution in [2.75, 3.05) is 11.9 Å². The molecule has 22 heavy (non-hydrogen) atoms. The van der Waals surface area contributed by atoms with E-state index in [4.69, 9.17) is 4.74 Å². The van der Waals surface area contributed by atoms with E-state index in [2.05, 4.69) is 15.3 Å². The second-order valence-corrected chi connectivity index (χ2v) is 6.60. The Morgan fingerprint density at radius 1 is 1.55 bits per heavy atom. The highest BCUT2D eigenvalue weighted by molar-refractivity contribution is 5.92. The Hall–Kier alpha value is -1.80. The largest absolute Gasteiger partial charge is 0.394 e. The SMILES string of the molecule is C[C@H]1C[C@H](n2cnc(NC(=O)C(C)(C)C)nc2=O)O[C@@H]1CO. The molecule has 1 aliphatic heterocycles. The van der Waals surface area contributed by atoms with Gasteiger partial charge in [0.25, 0.3) is 0 Å². The van der Waals surface area contributed by atoms with Crippen LogP contribution in [0, 0.1) is 11.3 Å². The molecule has 8 nitrogen and oxygen atoms in total. The van der Waals surface area contributed by atoms with Gasteiger partial charge in [-0.25, -0.2) is 9.78 Å². The van der Waals surface area contributed by atoms with Gasteiger partial charge in [0.15, 0.2) is 0 Å². The lowest BCUT2D eigenvalue weighted by Gasteiger charge is -2.17. The average molecular weight is 310 g/mol. The minimum Gasteiger partial charge on any atom is -0.394 e. The number of amides is 1. The zero-order valence-electron chi connectivity index (χ0n) is 13.2. The Labute approximate surface area is 128 Å². The predicted octanol–water partition coefficient (Wildman–Crippen LogP) is 0.539. The average Bonchev–Trinajstić information content (AvgIpc) is 2.78. The molecule has 0 saturated carbocycles. The second kappa shape index (κ2) is 6.13. The summed E-state index contributed by atoms with van der Waals surface area (Å²) in [6.07, 6.45) is 1.12. The molecule has 1 amide bonds. The molecule has 8 heteroatoms. The van der Waals surface area contributed by atoms with Crippen molar-refractivity contribution in [2.24, 2.45) is 11.3 Å². The predicted molar refractivity (Wildman–Crippen MR) is 79.2 cm³/mol. The highest BCUT2D eigenvalue weighted by Crippen LogP contribution is 2.31. The molecule has 0 spiro atoms. The van der Waals surface area contributed by atoms with Gasteiger partial charge >= 0.3 is 5.69 Å². The minimum absolute atomic E-state index is 0.0223. The quantitative estimate of drug-likeness (QED) is 0.844. The summed E-state index contributed by atoms with van der Waals surface area (Å²) in [6.45, 7) is 7.13. The summed E-state index contributed by atoms with van der Waals surface area (Å²) in [5.74, 6) is -0.149. The number of hydrogen-bond donors (Lipinski definition) is 2. The lowest BCUT2D eigenvalue weighted by atomic mass is 9.96. The Kier molecular flexibility index (Phi) is 4.62. The van der Waals surface area contributed by atoms with E-state index in [0.717, 1.165) is 0 Å². The molecule has 1 fully saturated rings. The zero-order chi connectivity index (χ0) is 16.5. The number of nitrogens with zero attached hydrogens (tertiary/aromatic N) is 3. The van der Waals surface area contributed by atoms with Crippen molar-refractivity contribution in [3.63, 3.8) is 0 Å². The first-order valence-electron chi connectivity index (χ1n) is 7.25. The topological polar surface area (TPSA) is 106 Å². The summed E-state index contributed by atoms with van der Waals surface area (Å²) in [7, 11) is 0. The number of aromatic nitrogens is 3. The first kappa shape index (κ1) is 16.6. The van der Waals surface area contributed by atoms with E-state index in [1.54, 1.807) is 20.8 Å². The van der Waals surface area contributed by atoms with Crippen molar-refractivity contribution in [1.29, 1.82) is 0 Å². The fourth-order valence-electron chi connectivity index (χ4n) is 2.15. The summed E-state index contributed by atoms with van der Waals surface area (Å²) in [5.41, 5.74) is -1.15. The van der Waals surface area contributed by atoms with Crippen LogP contribution >= 0.6 is 0 Å². The fourth-order valence-corrected chi connectivity index (χ4v) is 2.15. The number of ether oxygens (including phenoxy) is 1. The Bertz CT molecular complexity index is 608. The molecule has 0 bridgehead atoms. The summed E-state index contributed by atoms with van der Waals surface area (Å²) in [6, 6.07) is 0. The Morgan fingerprint density at radius 2 is 2.23 bits per heavy atom. The van der Waals surface area contributed by atoms with Crippen molar-refractivity contribution >= 4 is 11.9 Å². The molecule has 122 valence electrons. The van der Waals surface area contributed by atoms with Crippen LogP contribution in [0.2, 0.25) is 0 Å². The zero-order valence-corrected chi connectivity index (χ0v) is 13.2. The molecule has 1 aromatic heterocycles. The maximum atomic E-state index is 12.1. The fraction of sp³-hybridized carbons (Fsp3) is 0.714. The number of rotatable bonds is 3. The Morgan fingerprint density at radius 3 is 2.73 bits per heavy atom. The van der Waals surface area contributed by atoms with E-state index in [1.165, 1.54) is 10.9 Å². The van der Waals surface area contributed by atoms with Crippen molar-refractivity contribution in [3.8, 4) is 0 Å². The van der Waals surface area contributed by atoms with Gasteiger partial charge in [-0.05, 0) is 12.3 Å². The summed E-state index contributed by atoms with van der Waals surface area (Å²) < 4.78 is 6.89. The van der Waals surface area contributed by atoms with Crippen molar-refractivity contribution in [1.82, 2.24) is 14.5 Å². The van der Waals surface area contributed by atoms with Crippen LogP contribution in [0.1, 0.15) is 40.3 Å². The maximum Gasteiger partial charge on any atom is 0.354 e. The number of carbonyl (C=O) groups excluding carboxylic acids is 1. The molecule has 0 radical (unpaired) electrons. The van der Waals surface area contributed by atoms with Crippen molar-refractivity contribution in [2.45, 2.75) is 46.4 Å². The normalized spacial score (nSPS) is 25.2. The number of carbonyl (C=O) groups is 1. The molecule has 1 aliphatic rings. The third-order valence-corrected chi connectivity index (χ3v) is 3.66. The highest BCUT2D eigenvalue weighted by atomic mass is 16.5. The lowest BCUT2D eigenvalue weighted by Crippen LogP contribution is -2.32. The number of hydrogen-bond acceptors (Lipinski definition) is 6. The van der Waals surface area contributed by atoms with Gasteiger partial charge in [0, 0.05) is 5.41 Å². The van der Waals surface area contributed by atoms with Crippen LogP contribution in [0.3, 0.4) is 0 Å². The van der Waals surface area contributed by atoms with Crippen LogP contribution in [0.15, 0.2) is 11.1 Å². The van der Waals surface area contributed by atoms with Gasteiger partial charge in [0.1, 0.15) is 12.6 Å². The monoisotopic (exact) mass is 310 g/mol. The summed E-state index contributed by atoms with van der Waals surface area (Å²) >= 11 is 0. The number of anilines is 1. The third kappa shape index (κ3) is 3.50. The van der Waals surface area contributed by atoms with E-state index in [0.29, 0.717) is 6.42 Å². The van der Waals surface area contributed by atoms with Gasteiger partial charge in [0.2, 0.25) is 11.9 Å². The van der Waals surface area contributed by atoms with Crippen molar-refractivity contribution in [3.05, 3.63) is 16.8 Å². The van der Waals surface area contributed by atoms with Crippen molar-refractivity contribution < 1.29 is 14.6 Å². The van der Waals surface area contributed by atoms with Gasteiger partial charge in [-0.3, -0.25) is 14.7 Å². The van der Waals surface area contributed by atoms with E-state index in [1.807, 2.05) is 6.92 Å². The third-order valence-electron chi connectivity index (χ3n) is 3.66. The molecule has 1 saturated heterocycles. The molecule has 0 aromatic carbocycles. The molecule has 0 unspecified atom stereocenters. The molecular formula is C14H22N4O4. The van der Waals surface area contributed by atoms with Crippen LogP contribution in [-0.4, -0.2) is 38.3 Å². The molecule has 1 aromatic rings. The highest BCUT2D eigenvalue weighted by Gasteiger charge is 2.33. The summed E-state index contributed by atoms with van der Waals surface area (Å²) in [5, 5.41) is 11.7. The lowest BCUT2D eigenvalue weighted by molar-refractivity contribution is -0.123. The van der Waals surface area contributed by atoms with Crippen LogP contribution in [0.25, 0.3) is 0 Å². The van der Waals surface area contributed by atoms with E-state index < -0.39 is 17.3 Å². The second-order valence-electron chi connectivity index (χ2n) is 6.60. The van der Waals surface area contributed by atoms with Crippen LogP contribution in [-0.2, 0) is 9.53 Å². The maximum absolute atomic E-state index is 12.1. The van der Waals surface area contributed by atoms with E-state index in [9.17, 15) is 14.7 Å². The van der Waals surface area contributed by atoms with Gasteiger partial charge in [0.05, 0.1) is 12.7 Å². The smallest absolute Gasteiger partial charge is 0.354 e. The van der Waals surface area contributed by atoms with E-state index >= 15 is 0 Å². The molecule has 2 N–H and O–H groups in total. The van der Waals surface area contributed by atoms with Gasteiger partial charge in [-0.2, -0.15) is 4.98 Å². The minimum atomic E-state index is -0.601. The molecule has 0 aliphatic carbocycles. The molecule has 3 atom stereocenters. The Balaban J connectivity index is 2.14.